The number of aliphatic imine (C=N–C) groups is 1. The molecule has 0 fully saturated rings. The minimum Gasteiger partial charge on any atom is -0.430 e. The van der Waals surface area contributed by atoms with Crippen molar-refractivity contribution in [2.45, 2.75) is 12.8 Å². The predicted octanol–water partition coefficient (Wildman–Crippen LogP) is 2.67. The van der Waals surface area contributed by atoms with Gasteiger partial charge in [-0.3, -0.25) is 9.79 Å². The molecular formula is C13H15F2N2O2P. The number of nitrogens with one attached hydrogen (secondary N) is 1. The number of halogens is 2. The number of hydrogen-bond donors (Lipinski definition) is 1. The van der Waals surface area contributed by atoms with Gasteiger partial charge in [-0.25, -0.2) is 0 Å². The number of amidine groups is 1. The first-order valence-corrected chi connectivity index (χ1v) is 6.25. The van der Waals surface area contributed by atoms with E-state index in [1.807, 2.05) is 0 Å². The topological polar surface area (TPSA) is 50.7 Å². The summed E-state index contributed by atoms with van der Waals surface area (Å²) in [6.45, 7) is 1.77. The second-order valence-corrected chi connectivity index (χ2v) is 4.56. The molecule has 1 rings (SSSR count). The smallest absolute Gasteiger partial charge is 0.408 e. The molecule has 0 spiro atoms. The number of carbonyl (C=O) groups is 1. The minimum absolute atomic E-state index is 0.0496. The molecule has 0 saturated carbocycles. The van der Waals surface area contributed by atoms with Gasteiger partial charge in [0, 0.05) is 7.05 Å². The number of carbonyl (C=O) groups excluding carboxylic acids is 1. The third-order valence-electron chi connectivity index (χ3n) is 2.34. The average Bonchev–Trinajstić information content (AvgIpc) is 2.36. The summed E-state index contributed by atoms with van der Waals surface area (Å²) in [6, 6.07) is 6.27. The Hall–Kier alpha value is -1.81. The Morgan fingerprint density at radius 3 is 2.75 bits per heavy atom. The first-order valence-electron chi connectivity index (χ1n) is 5.67. The van der Waals surface area contributed by atoms with Crippen LogP contribution in [0.5, 0.6) is 5.75 Å². The van der Waals surface area contributed by atoms with Gasteiger partial charge in [-0.15, -0.1) is 0 Å². The molecular weight excluding hydrogens is 285 g/mol. The van der Waals surface area contributed by atoms with Gasteiger partial charge in [0.1, 0.15) is 11.6 Å². The lowest BCUT2D eigenvalue weighted by molar-refractivity contribution is -0.108. The Morgan fingerprint density at radius 2 is 2.20 bits per heavy atom. The number of allylic oxidation sites excluding steroid dienone is 1. The van der Waals surface area contributed by atoms with Crippen LogP contribution < -0.4 is 10.1 Å². The van der Waals surface area contributed by atoms with E-state index in [0.29, 0.717) is 17.8 Å². The van der Waals surface area contributed by atoms with E-state index in [1.165, 1.54) is 28.4 Å². The van der Waals surface area contributed by atoms with Gasteiger partial charge in [0.05, 0.1) is 0 Å². The van der Waals surface area contributed by atoms with Crippen molar-refractivity contribution in [1.82, 2.24) is 5.32 Å². The summed E-state index contributed by atoms with van der Waals surface area (Å²) in [5.41, 5.74) is 1.43. The molecule has 1 aromatic rings. The molecule has 0 aliphatic heterocycles. The second kappa shape index (κ2) is 7.10. The molecule has 0 aromatic heterocycles. The van der Waals surface area contributed by atoms with Crippen LogP contribution in [0.2, 0.25) is 0 Å². The molecule has 0 bridgehead atoms. The van der Waals surface area contributed by atoms with Crippen molar-refractivity contribution in [3.05, 3.63) is 35.9 Å². The summed E-state index contributed by atoms with van der Waals surface area (Å²) >= 11 is 0. The van der Waals surface area contributed by atoms with Crippen molar-refractivity contribution in [3.63, 3.8) is 0 Å². The maximum absolute atomic E-state index is 12.8. The molecule has 1 amide bonds. The first kappa shape index (κ1) is 16.2. The molecule has 0 aliphatic carbocycles. The SMILES string of the molecule is C/N=C(\C=C(/C)c1cccc(OC(F)(F)P)c1)NC=O. The van der Waals surface area contributed by atoms with E-state index < -0.39 is 5.85 Å². The lowest BCUT2D eigenvalue weighted by Crippen LogP contribution is -2.19. The zero-order valence-electron chi connectivity index (χ0n) is 11.1. The minimum atomic E-state index is -3.31. The van der Waals surface area contributed by atoms with Crippen LogP contribution in [-0.4, -0.2) is 25.1 Å². The first-order chi connectivity index (χ1) is 9.35. The molecule has 1 unspecified atom stereocenters. The fourth-order valence-corrected chi connectivity index (χ4v) is 1.62. The quantitative estimate of drug-likeness (QED) is 0.393. The molecule has 20 heavy (non-hydrogen) atoms. The lowest BCUT2D eigenvalue weighted by atomic mass is 10.1. The number of alkyl halides is 2. The van der Waals surface area contributed by atoms with Gasteiger partial charge < -0.3 is 10.1 Å². The predicted molar refractivity (Wildman–Crippen MR) is 77.9 cm³/mol. The van der Waals surface area contributed by atoms with Crippen LogP contribution in [0.25, 0.3) is 5.57 Å². The summed E-state index contributed by atoms with van der Waals surface area (Å²) < 4.78 is 30.0. The van der Waals surface area contributed by atoms with Crippen molar-refractivity contribution in [2.75, 3.05) is 7.05 Å². The maximum Gasteiger partial charge on any atom is 0.408 e. The van der Waals surface area contributed by atoms with Gasteiger partial charge in [-0.05, 0) is 45.5 Å². The van der Waals surface area contributed by atoms with E-state index in [0.717, 1.165) is 5.57 Å². The Bertz CT molecular complexity index is 539. The van der Waals surface area contributed by atoms with Crippen LogP contribution in [0.1, 0.15) is 12.5 Å². The van der Waals surface area contributed by atoms with Crippen LogP contribution in [0.15, 0.2) is 35.3 Å². The van der Waals surface area contributed by atoms with Gasteiger partial charge in [-0.1, -0.05) is 12.1 Å². The summed E-state index contributed by atoms with van der Waals surface area (Å²) in [4.78, 5) is 14.2. The molecule has 1 N–H and O–H groups in total. The molecule has 1 atom stereocenters. The highest BCUT2D eigenvalue weighted by atomic mass is 31.0. The maximum atomic E-state index is 12.8. The number of ether oxygens (including phenoxy) is 1. The average molecular weight is 300 g/mol. The fraction of sp³-hybridized carbons (Fsp3) is 0.231. The molecule has 0 heterocycles. The number of rotatable bonds is 5. The van der Waals surface area contributed by atoms with E-state index >= 15 is 0 Å². The Labute approximate surface area is 118 Å². The zero-order chi connectivity index (χ0) is 15.2. The summed E-state index contributed by atoms with van der Waals surface area (Å²) in [5, 5.41) is 2.42. The van der Waals surface area contributed by atoms with Crippen molar-refractivity contribution in [3.8, 4) is 5.75 Å². The normalized spacial score (nSPS) is 13.1. The van der Waals surface area contributed by atoms with Crippen molar-refractivity contribution in [2.24, 2.45) is 4.99 Å². The molecule has 1 aromatic carbocycles. The van der Waals surface area contributed by atoms with Gasteiger partial charge in [0.2, 0.25) is 6.41 Å². The van der Waals surface area contributed by atoms with Crippen molar-refractivity contribution < 1.29 is 18.3 Å². The number of nitrogens with zero attached hydrogens (tertiary/aromatic N) is 1. The van der Waals surface area contributed by atoms with E-state index in [2.05, 4.69) is 15.0 Å². The molecule has 108 valence electrons. The van der Waals surface area contributed by atoms with Crippen LogP contribution in [0, 0.1) is 0 Å². The van der Waals surface area contributed by atoms with E-state index in [4.69, 9.17) is 0 Å². The Balaban J connectivity index is 2.99. The van der Waals surface area contributed by atoms with Crippen molar-refractivity contribution >= 4 is 27.1 Å². The largest absolute Gasteiger partial charge is 0.430 e. The molecule has 0 aliphatic rings. The van der Waals surface area contributed by atoms with E-state index in [9.17, 15) is 13.6 Å². The van der Waals surface area contributed by atoms with E-state index in [1.54, 1.807) is 25.1 Å². The van der Waals surface area contributed by atoms with Crippen molar-refractivity contribution in [1.29, 1.82) is 0 Å². The van der Waals surface area contributed by atoms with Crippen LogP contribution in [0.3, 0.4) is 0 Å². The molecule has 7 heteroatoms. The zero-order valence-corrected chi connectivity index (χ0v) is 12.2. The monoisotopic (exact) mass is 300 g/mol. The Morgan fingerprint density at radius 1 is 1.50 bits per heavy atom. The standard InChI is InChI=1S/C13H15F2N2O2P/c1-9(6-12(16-2)17-8-18)10-4-3-5-11(7-10)19-13(14,15)20/h3-8H,20H2,1-2H3,(H,16,17,18)/b9-6+. The summed E-state index contributed by atoms with van der Waals surface area (Å²) in [7, 11) is 2.85. The number of benzene rings is 1. The number of amides is 1. The van der Waals surface area contributed by atoms with Gasteiger partial charge in [0.15, 0.2) is 0 Å². The van der Waals surface area contributed by atoms with Gasteiger partial charge >= 0.3 is 5.85 Å². The highest BCUT2D eigenvalue weighted by Crippen LogP contribution is 2.28. The number of hydrogen-bond acceptors (Lipinski definition) is 3. The van der Waals surface area contributed by atoms with Crippen LogP contribution >= 0.6 is 9.24 Å². The summed E-state index contributed by atoms with van der Waals surface area (Å²) in [6.07, 6.45) is 2.15. The Kier molecular flexibility index (Phi) is 5.77. The van der Waals surface area contributed by atoms with E-state index in [-0.39, 0.29) is 5.75 Å². The fourth-order valence-electron chi connectivity index (χ4n) is 1.48. The molecule has 4 nitrogen and oxygen atoms in total. The molecule has 0 radical (unpaired) electrons. The highest BCUT2D eigenvalue weighted by Gasteiger charge is 2.23. The lowest BCUT2D eigenvalue weighted by Gasteiger charge is -2.13. The van der Waals surface area contributed by atoms with Crippen LogP contribution in [0.4, 0.5) is 8.78 Å². The van der Waals surface area contributed by atoms with Gasteiger partial charge in [-0.2, -0.15) is 8.78 Å². The summed E-state index contributed by atoms with van der Waals surface area (Å²) in [5.74, 6) is -2.89. The van der Waals surface area contributed by atoms with Gasteiger partial charge in [0.25, 0.3) is 0 Å². The second-order valence-electron chi connectivity index (χ2n) is 3.89. The third kappa shape index (κ3) is 5.45. The molecule has 0 saturated heterocycles. The van der Waals surface area contributed by atoms with Crippen LogP contribution in [-0.2, 0) is 4.79 Å². The third-order valence-corrected chi connectivity index (χ3v) is 2.46. The highest BCUT2D eigenvalue weighted by molar-refractivity contribution is 7.17.